The highest BCUT2D eigenvalue weighted by molar-refractivity contribution is 6.31. The van der Waals surface area contributed by atoms with Crippen LogP contribution in [0.4, 0.5) is 15.9 Å². The Morgan fingerprint density at radius 3 is 2.65 bits per heavy atom. The summed E-state index contributed by atoms with van der Waals surface area (Å²) < 4.78 is 25.4. The number of halogens is 2. The number of anilines is 2. The van der Waals surface area contributed by atoms with Gasteiger partial charge in [-0.3, -0.25) is 4.79 Å². The van der Waals surface area contributed by atoms with E-state index in [4.69, 9.17) is 26.2 Å². The molecule has 0 aliphatic heterocycles. The van der Waals surface area contributed by atoms with Crippen molar-refractivity contribution in [3.8, 4) is 11.5 Å². The van der Waals surface area contributed by atoms with Crippen molar-refractivity contribution < 1.29 is 23.8 Å². The van der Waals surface area contributed by atoms with Crippen molar-refractivity contribution in [3.63, 3.8) is 0 Å². The van der Waals surface area contributed by atoms with Crippen LogP contribution in [-0.2, 0) is 4.79 Å². The molecule has 4 rings (SSSR count). The Morgan fingerprint density at radius 1 is 1.21 bits per heavy atom. The Hall–Kier alpha value is -3.17. The van der Waals surface area contributed by atoms with E-state index in [0.717, 1.165) is 25.7 Å². The summed E-state index contributed by atoms with van der Waals surface area (Å²) in [6.07, 6.45) is 4.48. The average Bonchev–Trinajstić information content (AvgIpc) is 2.85. The molecular formula is C24H26ClFN4O4. The zero-order chi connectivity index (χ0) is 24.2. The summed E-state index contributed by atoms with van der Waals surface area (Å²) in [5.74, 6) is 0.864. The van der Waals surface area contributed by atoms with Gasteiger partial charge in [0.25, 0.3) is 0 Å². The number of carbonyl (C=O) groups is 1. The van der Waals surface area contributed by atoms with Crippen molar-refractivity contribution in [1.82, 2.24) is 14.9 Å². The van der Waals surface area contributed by atoms with Gasteiger partial charge in [-0.15, -0.1) is 0 Å². The highest BCUT2D eigenvalue weighted by atomic mass is 35.5. The molecule has 1 amide bonds. The number of hydrogen-bond donors (Lipinski definition) is 2. The molecule has 3 aromatic rings. The summed E-state index contributed by atoms with van der Waals surface area (Å²) in [6, 6.07) is 8.05. The van der Waals surface area contributed by atoms with Gasteiger partial charge in [-0.1, -0.05) is 11.6 Å². The lowest BCUT2D eigenvalue weighted by Gasteiger charge is -2.34. The predicted octanol–water partition coefficient (Wildman–Crippen LogP) is 4.32. The predicted molar refractivity (Wildman–Crippen MR) is 127 cm³/mol. The second-order valence-electron chi connectivity index (χ2n) is 8.21. The zero-order valence-electron chi connectivity index (χ0n) is 18.9. The molecule has 1 fully saturated rings. The number of aromatic nitrogens is 2. The van der Waals surface area contributed by atoms with Crippen molar-refractivity contribution in [2.45, 2.75) is 37.8 Å². The molecule has 34 heavy (non-hydrogen) atoms. The van der Waals surface area contributed by atoms with Crippen molar-refractivity contribution in [2.75, 3.05) is 26.1 Å². The van der Waals surface area contributed by atoms with Crippen molar-refractivity contribution >= 4 is 39.9 Å². The molecule has 0 bridgehead atoms. The van der Waals surface area contributed by atoms with Crippen LogP contribution in [0.25, 0.3) is 10.9 Å². The van der Waals surface area contributed by atoms with E-state index in [1.165, 1.54) is 18.5 Å². The molecular weight excluding hydrogens is 463 g/mol. The van der Waals surface area contributed by atoms with Crippen LogP contribution in [0.15, 0.2) is 36.7 Å². The third-order valence-electron chi connectivity index (χ3n) is 6.12. The van der Waals surface area contributed by atoms with E-state index < -0.39 is 12.4 Å². The number of nitrogens with zero attached hydrogens (tertiary/aromatic N) is 3. The summed E-state index contributed by atoms with van der Waals surface area (Å²) in [7, 11) is 3.29. The van der Waals surface area contributed by atoms with Crippen LogP contribution in [-0.4, -0.2) is 58.8 Å². The molecule has 0 spiro atoms. The lowest BCUT2D eigenvalue weighted by atomic mass is 9.92. The van der Waals surface area contributed by atoms with E-state index >= 15 is 0 Å². The second-order valence-corrected chi connectivity index (χ2v) is 8.61. The summed E-state index contributed by atoms with van der Waals surface area (Å²) in [4.78, 5) is 22.1. The SMILES string of the molecule is COc1cc2ncnc(Nc3ccc(F)c(Cl)c3)c2cc1OC1CCC(N(C)C(=O)CO)CC1. The van der Waals surface area contributed by atoms with Gasteiger partial charge in [0, 0.05) is 30.2 Å². The van der Waals surface area contributed by atoms with Crippen LogP contribution < -0.4 is 14.8 Å². The zero-order valence-corrected chi connectivity index (χ0v) is 19.7. The van der Waals surface area contributed by atoms with Crippen LogP contribution in [0.1, 0.15) is 25.7 Å². The first kappa shape index (κ1) is 24.0. The molecule has 2 N–H and O–H groups in total. The monoisotopic (exact) mass is 488 g/mol. The first-order valence-electron chi connectivity index (χ1n) is 11.0. The smallest absolute Gasteiger partial charge is 0.248 e. The number of ether oxygens (including phenoxy) is 2. The fourth-order valence-electron chi connectivity index (χ4n) is 4.17. The molecule has 0 atom stereocenters. The first-order valence-corrected chi connectivity index (χ1v) is 11.4. The van der Waals surface area contributed by atoms with Crippen LogP contribution in [0.3, 0.4) is 0 Å². The first-order chi connectivity index (χ1) is 16.4. The maximum Gasteiger partial charge on any atom is 0.248 e. The molecule has 1 heterocycles. The summed E-state index contributed by atoms with van der Waals surface area (Å²) >= 11 is 5.91. The molecule has 180 valence electrons. The minimum absolute atomic E-state index is 0.0102. The summed E-state index contributed by atoms with van der Waals surface area (Å²) in [6.45, 7) is -0.482. The molecule has 0 saturated heterocycles. The van der Waals surface area contributed by atoms with Gasteiger partial charge in [-0.2, -0.15) is 0 Å². The fourth-order valence-corrected chi connectivity index (χ4v) is 4.35. The van der Waals surface area contributed by atoms with E-state index in [9.17, 15) is 9.18 Å². The van der Waals surface area contributed by atoms with Gasteiger partial charge in [-0.05, 0) is 49.9 Å². The van der Waals surface area contributed by atoms with E-state index in [2.05, 4.69) is 15.3 Å². The van der Waals surface area contributed by atoms with Crippen LogP contribution in [0.5, 0.6) is 11.5 Å². The minimum Gasteiger partial charge on any atom is -0.493 e. The Labute approximate surface area is 201 Å². The largest absolute Gasteiger partial charge is 0.493 e. The molecule has 1 saturated carbocycles. The maximum absolute atomic E-state index is 13.5. The normalized spacial score (nSPS) is 17.9. The molecule has 1 aromatic heterocycles. The average molecular weight is 489 g/mol. The minimum atomic E-state index is -0.498. The number of nitrogens with one attached hydrogen (secondary N) is 1. The van der Waals surface area contributed by atoms with Gasteiger partial charge in [0.15, 0.2) is 11.5 Å². The topological polar surface area (TPSA) is 96.8 Å². The standard InChI is InChI=1S/C24H26ClFN4O4/c1-30(23(32)12-31)15-4-6-16(7-5-15)34-22-10-17-20(11-21(22)33-2)27-13-28-24(17)29-14-3-8-19(26)18(25)9-14/h3,8-11,13,15-16,31H,4-7,12H2,1-2H3,(H,27,28,29). The Balaban J connectivity index is 1.55. The van der Waals surface area contributed by atoms with Gasteiger partial charge in [0.05, 0.1) is 23.8 Å². The summed E-state index contributed by atoms with van der Waals surface area (Å²) in [5, 5.41) is 13.0. The van der Waals surface area contributed by atoms with E-state index in [1.54, 1.807) is 31.2 Å². The number of fused-ring (bicyclic) bond motifs is 1. The van der Waals surface area contributed by atoms with Gasteiger partial charge in [0.1, 0.15) is 24.6 Å². The van der Waals surface area contributed by atoms with E-state index in [-0.39, 0.29) is 23.1 Å². The second kappa shape index (κ2) is 10.4. The molecule has 2 aromatic carbocycles. The molecule has 0 unspecified atom stereocenters. The third kappa shape index (κ3) is 5.15. The van der Waals surface area contributed by atoms with Crippen molar-refractivity contribution in [1.29, 1.82) is 0 Å². The van der Waals surface area contributed by atoms with Crippen LogP contribution in [0.2, 0.25) is 5.02 Å². The number of methoxy groups -OCH3 is 1. The van der Waals surface area contributed by atoms with Crippen molar-refractivity contribution in [3.05, 3.63) is 47.5 Å². The van der Waals surface area contributed by atoms with E-state index in [0.29, 0.717) is 33.9 Å². The van der Waals surface area contributed by atoms with Crippen LogP contribution >= 0.6 is 11.6 Å². The molecule has 8 nitrogen and oxygen atoms in total. The Morgan fingerprint density at radius 2 is 1.97 bits per heavy atom. The van der Waals surface area contributed by atoms with Gasteiger partial charge < -0.3 is 24.8 Å². The number of carbonyl (C=O) groups excluding carboxylic acids is 1. The molecule has 1 aliphatic carbocycles. The highest BCUT2D eigenvalue weighted by Crippen LogP contribution is 2.37. The number of aliphatic hydroxyl groups is 1. The number of benzene rings is 2. The van der Waals surface area contributed by atoms with Crippen LogP contribution in [0, 0.1) is 5.82 Å². The third-order valence-corrected chi connectivity index (χ3v) is 6.41. The quantitative estimate of drug-likeness (QED) is 0.511. The highest BCUT2D eigenvalue weighted by Gasteiger charge is 2.28. The molecule has 0 radical (unpaired) electrons. The van der Waals surface area contributed by atoms with Crippen molar-refractivity contribution in [2.24, 2.45) is 0 Å². The number of amides is 1. The fraction of sp³-hybridized carbons (Fsp3) is 0.375. The lowest BCUT2D eigenvalue weighted by molar-refractivity contribution is -0.135. The van der Waals surface area contributed by atoms with Gasteiger partial charge in [-0.25, -0.2) is 14.4 Å². The summed E-state index contributed by atoms with van der Waals surface area (Å²) in [5.41, 5.74) is 1.24. The Bertz CT molecular complexity index is 1190. The molecule has 1 aliphatic rings. The molecule has 10 heteroatoms. The number of rotatable bonds is 7. The Kier molecular flexibility index (Phi) is 7.33. The van der Waals surface area contributed by atoms with Gasteiger partial charge in [0.2, 0.25) is 5.91 Å². The van der Waals surface area contributed by atoms with E-state index in [1.807, 2.05) is 6.07 Å². The number of likely N-dealkylation sites (N-methyl/N-ethyl adjacent to an activating group) is 1. The number of hydrogen-bond acceptors (Lipinski definition) is 7. The maximum atomic E-state index is 13.5. The van der Waals surface area contributed by atoms with Gasteiger partial charge >= 0.3 is 0 Å². The number of aliphatic hydroxyl groups excluding tert-OH is 1. The lowest BCUT2D eigenvalue weighted by Crippen LogP contribution is -2.42.